The highest BCUT2D eigenvalue weighted by Crippen LogP contribution is 2.24. The van der Waals surface area contributed by atoms with Crippen LogP contribution in [-0.4, -0.2) is 16.5 Å². The first-order valence-corrected chi connectivity index (χ1v) is 4.53. The van der Waals surface area contributed by atoms with Gasteiger partial charge in [0.25, 0.3) is 5.69 Å². The Morgan fingerprint density at radius 1 is 1.71 bits per heavy atom. The molecule has 2 rings (SSSR count). The van der Waals surface area contributed by atoms with Gasteiger partial charge in [0.1, 0.15) is 6.20 Å². The van der Waals surface area contributed by atoms with Gasteiger partial charge >= 0.3 is 0 Å². The Hall–Kier alpha value is -1.49. The van der Waals surface area contributed by atoms with Crippen molar-refractivity contribution >= 4 is 5.69 Å². The van der Waals surface area contributed by atoms with E-state index in [4.69, 9.17) is 0 Å². The number of rotatable bonds is 2. The van der Waals surface area contributed by atoms with Gasteiger partial charge in [-0.2, -0.15) is 0 Å². The topological polar surface area (TPSA) is 68.1 Å². The number of nitro groups is 1. The van der Waals surface area contributed by atoms with Crippen molar-refractivity contribution in [2.24, 2.45) is 0 Å². The second-order valence-corrected chi connectivity index (χ2v) is 3.45. The van der Waals surface area contributed by atoms with Crippen LogP contribution in [0.2, 0.25) is 0 Å². The predicted octanol–water partition coefficient (Wildman–Crippen LogP) is 1.33. The standard InChI is InChI=1S/C9H11N3O2/c1-6-4-8(7-2-3-10-7)11-5-9(6)12(13)14/h4-5,7,10H,2-3H2,1H3/t7-/m0/s1. The summed E-state index contributed by atoms with van der Waals surface area (Å²) in [6, 6.07) is 2.07. The van der Waals surface area contributed by atoms with Crippen molar-refractivity contribution < 1.29 is 4.92 Å². The zero-order valence-corrected chi connectivity index (χ0v) is 7.86. The van der Waals surface area contributed by atoms with Gasteiger partial charge in [0.15, 0.2) is 0 Å². The molecule has 0 radical (unpaired) electrons. The van der Waals surface area contributed by atoms with Crippen LogP contribution in [0.3, 0.4) is 0 Å². The molecule has 0 spiro atoms. The highest BCUT2D eigenvalue weighted by molar-refractivity contribution is 5.38. The second-order valence-electron chi connectivity index (χ2n) is 3.45. The molecule has 1 saturated heterocycles. The lowest BCUT2D eigenvalue weighted by Gasteiger charge is -2.26. The highest BCUT2D eigenvalue weighted by Gasteiger charge is 2.21. The molecule has 1 N–H and O–H groups in total. The number of hydrogen-bond acceptors (Lipinski definition) is 4. The molecule has 0 amide bonds. The molecule has 0 aliphatic carbocycles. The van der Waals surface area contributed by atoms with Crippen molar-refractivity contribution in [2.45, 2.75) is 19.4 Å². The molecule has 74 valence electrons. The van der Waals surface area contributed by atoms with Crippen LogP contribution in [0.15, 0.2) is 12.3 Å². The highest BCUT2D eigenvalue weighted by atomic mass is 16.6. The van der Waals surface area contributed by atoms with Crippen molar-refractivity contribution in [1.29, 1.82) is 0 Å². The first-order chi connectivity index (χ1) is 6.68. The molecular weight excluding hydrogens is 182 g/mol. The number of hydrogen-bond donors (Lipinski definition) is 1. The molecule has 1 atom stereocenters. The molecule has 1 aromatic rings. The number of aryl methyl sites for hydroxylation is 1. The molecule has 1 aromatic heterocycles. The van der Waals surface area contributed by atoms with Crippen LogP contribution in [0.5, 0.6) is 0 Å². The molecule has 1 aliphatic heterocycles. The number of pyridine rings is 1. The first-order valence-electron chi connectivity index (χ1n) is 4.53. The van der Waals surface area contributed by atoms with E-state index in [1.165, 1.54) is 6.20 Å². The second kappa shape index (κ2) is 3.34. The van der Waals surface area contributed by atoms with Gasteiger partial charge in [-0.1, -0.05) is 0 Å². The van der Waals surface area contributed by atoms with Gasteiger partial charge in [-0.05, 0) is 26.0 Å². The summed E-state index contributed by atoms with van der Waals surface area (Å²) < 4.78 is 0. The number of nitrogens with zero attached hydrogens (tertiary/aromatic N) is 2. The van der Waals surface area contributed by atoms with Crippen LogP contribution in [0.1, 0.15) is 23.7 Å². The van der Waals surface area contributed by atoms with E-state index in [2.05, 4.69) is 10.3 Å². The Balaban J connectivity index is 2.30. The van der Waals surface area contributed by atoms with Crippen LogP contribution in [0.4, 0.5) is 5.69 Å². The van der Waals surface area contributed by atoms with Crippen molar-refractivity contribution in [1.82, 2.24) is 10.3 Å². The zero-order chi connectivity index (χ0) is 10.1. The van der Waals surface area contributed by atoms with E-state index in [-0.39, 0.29) is 11.7 Å². The average Bonchev–Trinajstić information content (AvgIpc) is 2.00. The van der Waals surface area contributed by atoms with Crippen molar-refractivity contribution in [2.75, 3.05) is 6.54 Å². The van der Waals surface area contributed by atoms with Gasteiger partial charge in [0.2, 0.25) is 0 Å². The number of aromatic nitrogens is 1. The normalized spacial score (nSPS) is 20.2. The van der Waals surface area contributed by atoms with Gasteiger partial charge in [0, 0.05) is 5.56 Å². The Morgan fingerprint density at radius 3 is 2.86 bits per heavy atom. The fraction of sp³-hybridized carbons (Fsp3) is 0.444. The third-order valence-corrected chi connectivity index (χ3v) is 2.48. The van der Waals surface area contributed by atoms with Gasteiger partial charge in [-0.15, -0.1) is 0 Å². The summed E-state index contributed by atoms with van der Waals surface area (Å²) in [5.41, 5.74) is 1.67. The third-order valence-electron chi connectivity index (χ3n) is 2.48. The van der Waals surface area contributed by atoms with Gasteiger partial charge in [0.05, 0.1) is 16.7 Å². The molecule has 0 saturated carbocycles. The lowest BCUT2D eigenvalue weighted by atomic mass is 10.0. The monoisotopic (exact) mass is 193 g/mol. The van der Waals surface area contributed by atoms with E-state index in [1.807, 2.05) is 0 Å². The summed E-state index contributed by atoms with van der Waals surface area (Å²) in [6.45, 7) is 2.74. The lowest BCUT2D eigenvalue weighted by Crippen LogP contribution is -2.35. The summed E-state index contributed by atoms with van der Waals surface area (Å²) in [5, 5.41) is 13.7. The molecule has 0 bridgehead atoms. The maximum atomic E-state index is 10.5. The quantitative estimate of drug-likeness (QED) is 0.568. The van der Waals surface area contributed by atoms with Crippen LogP contribution in [-0.2, 0) is 0 Å². The summed E-state index contributed by atoms with van der Waals surface area (Å²) in [5.74, 6) is 0. The van der Waals surface area contributed by atoms with E-state index in [0.717, 1.165) is 18.7 Å². The lowest BCUT2D eigenvalue weighted by molar-refractivity contribution is -0.385. The predicted molar refractivity (Wildman–Crippen MR) is 51.0 cm³/mol. The summed E-state index contributed by atoms with van der Waals surface area (Å²) in [6.07, 6.45) is 2.40. The smallest absolute Gasteiger partial charge is 0.290 e. The third kappa shape index (κ3) is 1.46. The van der Waals surface area contributed by atoms with Gasteiger partial charge in [-0.25, -0.2) is 0 Å². The Morgan fingerprint density at radius 2 is 2.43 bits per heavy atom. The maximum Gasteiger partial charge on any atom is 0.290 e. The molecule has 14 heavy (non-hydrogen) atoms. The molecule has 1 fully saturated rings. The first kappa shape index (κ1) is 9.08. The minimum Gasteiger partial charge on any atom is -0.309 e. The molecule has 1 aliphatic rings. The van der Waals surface area contributed by atoms with E-state index >= 15 is 0 Å². The number of nitrogens with one attached hydrogen (secondary N) is 1. The molecule has 5 nitrogen and oxygen atoms in total. The maximum absolute atomic E-state index is 10.5. The minimum atomic E-state index is -0.402. The molecular formula is C9H11N3O2. The fourth-order valence-electron chi connectivity index (χ4n) is 1.49. The van der Waals surface area contributed by atoms with E-state index in [1.54, 1.807) is 13.0 Å². The van der Waals surface area contributed by atoms with Crippen molar-refractivity contribution in [3.63, 3.8) is 0 Å². The summed E-state index contributed by atoms with van der Waals surface area (Å²) in [4.78, 5) is 14.2. The zero-order valence-electron chi connectivity index (χ0n) is 7.86. The summed E-state index contributed by atoms with van der Waals surface area (Å²) >= 11 is 0. The Kier molecular flexibility index (Phi) is 2.17. The largest absolute Gasteiger partial charge is 0.309 e. The van der Waals surface area contributed by atoms with Crippen molar-refractivity contribution in [3.8, 4) is 0 Å². The van der Waals surface area contributed by atoms with E-state index in [9.17, 15) is 10.1 Å². The SMILES string of the molecule is Cc1cc([C@@H]2CCN2)ncc1[N+](=O)[O-]. The molecule has 0 unspecified atom stereocenters. The fourth-order valence-corrected chi connectivity index (χ4v) is 1.49. The minimum absolute atomic E-state index is 0.0908. The summed E-state index contributed by atoms with van der Waals surface area (Å²) in [7, 11) is 0. The molecule has 5 heteroatoms. The van der Waals surface area contributed by atoms with Crippen LogP contribution in [0, 0.1) is 17.0 Å². The van der Waals surface area contributed by atoms with E-state index < -0.39 is 4.92 Å². The van der Waals surface area contributed by atoms with Crippen LogP contribution in [0.25, 0.3) is 0 Å². The van der Waals surface area contributed by atoms with Crippen LogP contribution >= 0.6 is 0 Å². The molecule has 2 heterocycles. The molecule has 0 aromatic carbocycles. The van der Waals surface area contributed by atoms with Gasteiger partial charge in [-0.3, -0.25) is 15.1 Å². The Labute approximate surface area is 81.3 Å². The van der Waals surface area contributed by atoms with Gasteiger partial charge < -0.3 is 5.32 Å². The van der Waals surface area contributed by atoms with Crippen LogP contribution < -0.4 is 5.32 Å². The average molecular weight is 193 g/mol. The Bertz CT molecular complexity index is 374. The van der Waals surface area contributed by atoms with E-state index in [0.29, 0.717) is 5.56 Å². The van der Waals surface area contributed by atoms with Crippen molar-refractivity contribution in [3.05, 3.63) is 33.6 Å².